The third-order valence-corrected chi connectivity index (χ3v) is 3.84. The first-order valence-corrected chi connectivity index (χ1v) is 7.06. The molecule has 1 heterocycles. The maximum Gasteiger partial charge on any atom is 0.328 e. The van der Waals surface area contributed by atoms with Gasteiger partial charge in [-0.05, 0) is 23.3 Å². The maximum absolute atomic E-state index is 11.9. The van der Waals surface area contributed by atoms with E-state index in [1.54, 1.807) is 16.2 Å². The highest BCUT2D eigenvalue weighted by atomic mass is 16.1. The van der Waals surface area contributed by atoms with E-state index >= 15 is 0 Å². The molecule has 0 fully saturated rings. The monoisotopic (exact) mass is 281 g/mol. The maximum atomic E-state index is 11.9. The van der Waals surface area contributed by atoms with Gasteiger partial charge in [-0.3, -0.25) is 9.13 Å². The van der Waals surface area contributed by atoms with Gasteiger partial charge in [0, 0.05) is 27.2 Å². The third-order valence-electron chi connectivity index (χ3n) is 3.84. The van der Waals surface area contributed by atoms with Crippen molar-refractivity contribution in [1.29, 1.82) is 0 Å². The quantitative estimate of drug-likeness (QED) is 0.796. The molecule has 0 aliphatic rings. The molecule has 3 rings (SSSR count). The average Bonchev–Trinajstić information content (AvgIpc) is 2.73. The molecule has 0 aliphatic heterocycles. The van der Waals surface area contributed by atoms with Crippen LogP contribution in [0.2, 0.25) is 0 Å². The van der Waals surface area contributed by atoms with Crippen LogP contribution in [0, 0.1) is 0 Å². The van der Waals surface area contributed by atoms with E-state index in [1.807, 2.05) is 31.3 Å². The average molecular weight is 281 g/mol. The Bertz CT molecular complexity index is 815. The van der Waals surface area contributed by atoms with Crippen LogP contribution in [0.1, 0.15) is 11.1 Å². The summed E-state index contributed by atoms with van der Waals surface area (Å²) in [5, 5.41) is 3.43. The highest BCUT2D eigenvalue weighted by Gasteiger charge is 2.07. The lowest BCUT2D eigenvalue weighted by atomic mass is 10.2. The van der Waals surface area contributed by atoms with Gasteiger partial charge in [-0.25, -0.2) is 4.79 Å². The molecule has 4 nitrogen and oxygen atoms in total. The van der Waals surface area contributed by atoms with Gasteiger partial charge in [0.2, 0.25) is 0 Å². The van der Waals surface area contributed by atoms with Crippen molar-refractivity contribution < 1.29 is 0 Å². The van der Waals surface area contributed by atoms with Crippen molar-refractivity contribution in [1.82, 2.24) is 14.5 Å². The van der Waals surface area contributed by atoms with Crippen LogP contribution in [0.25, 0.3) is 11.0 Å². The van der Waals surface area contributed by atoms with E-state index in [0.717, 1.165) is 24.1 Å². The summed E-state index contributed by atoms with van der Waals surface area (Å²) in [7, 11) is 3.61. The van der Waals surface area contributed by atoms with Crippen LogP contribution in [0.15, 0.2) is 53.3 Å². The van der Waals surface area contributed by atoms with Gasteiger partial charge in [-0.2, -0.15) is 0 Å². The standard InChI is InChI=1S/C17H19N3O/c1-19-15-9-8-14(10-16(15)20(2)17(19)21)12-18-11-13-6-4-3-5-7-13/h3-10,18H,11-12H2,1-2H3. The fourth-order valence-corrected chi connectivity index (χ4v) is 2.61. The van der Waals surface area contributed by atoms with Crippen LogP contribution in [0.4, 0.5) is 0 Å². The second kappa shape index (κ2) is 5.58. The molecule has 0 spiro atoms. The van der Waals surface area contributed by atoms with Crippen molar-refractivity contribution in [3.05, 3.63) is 70.1 Å². The van der Waals surface area contributed by atoms with E-state index < -0.39 is 0 Å². The summed E-state index contributed by atoms with van der Waals surface area (Å²) in [5.74, 6) is 0. The lowest BCUT2D eigenvalue weighted by Gasteiger charge is -2.06. The molecule has 0 atom stereocenters. The third kappa shape index (κ3) is 2.62. The SMILES string of the molecule is Cn1c(=O)n(C)c2cc(CNCc3ccccc3)ccc21. The number of imidazole rings is 1. The first-order valence-electron chi connectivity index (χ1n) is 7.06. The Morgan fingerprint density at radius 3 is 2.29 bits per heavy atom. The van der Waals surface area contributed by atoms with Crippen LogP contribution in [-0.4, -0.2) is 9.13 Å². The fourth-order valence-electron chi connectivity index (χ4n) is 2.61. The summed E-state index contributed by atoms with van der Waals surface area (Å²) in [6, 6.07) is 16.5. The molecule has 0 saturated heterocycles. The van der Waals surface area contributed by atoms with Gasteiger partial charge in [0.25, 0.3) is 0 Å². The molecular formula is C17H19N3O. The van der Waals surface area contributed by atoms with E-state index in [-0.39, 0.29) is 5.69 Å². The molecule has 0 aliphatic carbocycles. The second-order valence-electron chi connectivity index (χ2n) is 5.31. The van der Waals surface area contributed by atoms with Crippen LogP contribution in [-0.2, 0) is 27.2 Å². The van der Waals surface area contributed by atoms with E-state index in [1.165, 1.54) is 11.1 Å². The van der Waals surface area contributed by atoms with Crippen LogP contribution in [0.5, 0.6) is 0 Å². The number of nitrogens with one attached hydrogen (secondary N) is 1. The minimum atomic E-state index is 0.0133. The lowest BCUT2D eigenvalue weighted by molar-refractivity contribution is 0.693. The largest absolute Gasteiger partial charge is 0.328 e. The van der Waals surface area contributed by atoms with Crippen LogP contribution >= 0.6 is 0 Å². The van der Waals surface area contributed by atoms with Crippen molar-refractivity contribution in [3.63, 3.8) is 0 Å². The molecule has 108 valence electrons. The van der Waals surface area contributed by atoms with Crippen molar-refractivity contribution in [2.24, 2.45) is 14.1 Å². The summed E-state index contributed by atoms with van der Waals surface area (Å²) in [4.78, 5) is 11.9. The van der Waals surface area contributed by atoms with E-state index in [2.05, 4.69) is 29.6 Å². The van der Waals surface area contributed by atoms with Crippen molar-refractivity contribution in [3.8, 4) is 0 Å². The van der Waals surface area contributed by atoms with Gasteiger partial charge in [-0.1, -0.05) is 36.4 Å². The molecule has 1 aromatic heterocycles. The number of hydrogen-bond acceptors (Lipinski definition) is 2. The van der Waals surface area contributed by atoms with E-state index in [0.29, 0.717) is 0 Å². The Kier molecular flexibility index (Phi) is 3.62. The van der Waals surface area contributed by atoms with Gasteiger partial charge >= 0.3 is 5.69 Å². The lowest BCUT2D eigenvalue weighted by Crippen LogP contribution is -2.19. The number of rotatable bonds is 4. The molecule has 21 heavy (non-hydrogen) atoms. The number of aryl methyl sites for hydroxylation is 2. The molecule has 3 aromatic rings. The van der Waals surface area contributed by atoms with Crippen molar-refractivity contribution >= 4 is 11.0 Å². The molecule has 2 aromatic carbocycles. The van der Waals surface area contributed by atoms with Gasteiger partial charge in [-0.15, -0.1) is 0 Å². The summed E-state index contributed by atoms with van der Waals surface area (Å²) in [5.41, 5.74) is 4.40. The molecule has 4 heteroatoms. The second-order valence-corrected chi connectivity index (χ2v) is 5.31. The predicted octanol–water partition coefficient (Wildman–Crippen LogP) is 2.17. The number of nitrogens with zero attached hydrogens (tertiary/aromatic N) is 2. The zero-order chi connectivity index (χ0) is 14.8. The predicted molar refractivity (Wildman–Crippen MR) is 85.1 cm³/mol. The Labute approximate surface area is 123 Å². The molecule has 0 bridgehead atoms. The Hall–Kier alpha value is -2.33. The molecular weight excluding hydrogens is 262 g/mol. The molecule has 1 N–H and O–H groups in total. The number of benzene rings is 2. The smallest absolute Gasteiger partial charge is 0.309 e. The van der Waals surface area contributed by atoms with Crippen molar-refractivity contribution in [2.75, 3.05) is 0 Å². The van der Waals surface area contributed by atoms with E-state index in [4.69, 9.17) is 0 Å². The van der Waals surface area contributed by atoms with Crippen molar-refractivity contribution in [2.45, 2.75) is 13.1 Å². The highest BCUT2D eigenvalue weighted by Crippen LogP contribution is 2.14. The first kappa shape index (κ1) is 13.6. The summed E-state index contributed by atoms with van der Waals surface area (Å²) < 4.78 is 3.37. The van der Waals surface area contributed by atoms with Gasteiger partial charge < -0.3 is 5.32 Å². The normalized spacial score (nSPS) is 11.1. The Morgan fingerprint density at radius 2 is 1.52 bits per heavy atom. The summed E-state index contributed by atoms with van der Waals surface area (Å²) in [6.45, 7) is 1.63. The van der Waals surface area contributed by atoms with E-state index in [9.17, 15) is 4.79 Å². The zero-order valence-electron chi connectivity index (χ0n) is 12.3. The molecule has 0 unspecified atom stereocenters. The number of hydrogen-bond donors (Lipinski definition) is 1. The van der Waals surface area contributed by atoms with Gasteiger partial charge in [0.05, 0.1) is 11.0 Å². The molecule has 0 saturated carbocycles. The zero-order valence-corrected chi connectivity index (χ0v) is 12.3. The highest BCUT2D eigenvalue weighted by molar-refractivity contribution is 5.76. The Morgan fingerprint density at radius 1 is 0.857 bits per heavy atom. The minimum Gasteiger partial charge on any atom is -0.309 e. The number of fused-ring (bicyclic) bond motifs is 1. The first-order chi connectivity index (χ1) is 10.2. The summed E-state index contributed by atoms with van der Waals surface area (Å²) >= 11 is 0. The fraction of sp³-hybridized carbons (Fsp3) is 0.235. The molecule has 0 amide bonds. The van der Waals surface area contributed by atoms with Gasteiger partial charge in [0.15, 0.2) is 0 Å². The molecule has 0 radical (unpaired) electrons. The summed E-state index contributed by atoms with van der Waals surface area (Å²) in [6.07, 6.45) is 0. The minimum absolute atomic E-state index is 0.0133. The number of aromatic nitrogens is 2. The topological polar surface area (TPSA) is 39.0 Å². The van der Waals surface area contributed by atoms with Gasteiger partial charge in [0.1, 0.15) is 0 Å². The Balaban J connectivity index is 1.76. The van der Waals surface area contributed by atoms with Crippen LogP contribution < -0.4 is 11.0 Å². The van der Waals surface area contributed by atoms with Crippen LogP contribution in [0.3, 0.4) is 0 Å².